The number of likely N-dealkylation sites (N-methyl/N-ethyl adjacent to an activating group) is 1. The summed E-state index contributed by atoms with van der Waals surface area (Å²) in [5, 5.41) is 0. The molecule has 0 spiro atoms. The Balaban J connectivity index is 1.90. The average molecular weight is 324 g/mol. The minimum atomic E-state index is -0.0127. The van der Waals surface area contributed by atoms with Crippen LogP contribution < -0.4 is 0 Å². The van der Waals surface area contributed by atoms with E-state index in [-0.39, 0.29) is 17.9 Å². The Hall–Kier alpha value is -2.27. The molecule has 1 saturated heterocycles. The molecule has 3 rings (SSSR count). The van der Waals surface area contributed by atoms with E-state index in [0.717, 1.165) is 18.7 Å². The first-order valence-electron chi connectivity index (χ1n) is 8.43. The monoisotopic (exact) mass is 324 g/mol. The molecule has 1 aliphatic heterocycles. The van der Waals surface area contributed by atoms with E-state index in [4.69, 9.17) is 0 Å². The van der Waals surface area contributed by atoms with E-state index in [0.29, 0.717) is 18.1 Å². The molecular weight excluding hydrogens is 300 g/mol. The highest BCUT2D eigenvalue weighted by molar-refractivity contribution is 5.92. The van der Waals surface area contributed by atoms with Gasteiger partial charge in [-0.1, -0.05) is 44.2 Å². The SMILES string of the molecule is CC(C)c1nccc(C(=O)N2CCN(C)C[C@@H]2c2ccccc2)n1. The van der Waals surface area contributed by atoms with Crippen molar-refractivity contribution in [1.29, 1.82) is 0 Å². The van der Waals surface area contributed by atoms with Gasteiger partial charge in [0.15, 0.2) is 0 Å². The Morgan fingerprint density at radius 1 is 1.17 bits per heavy atom. The molecule has 1 aromatic heterocycles. The van der Waals surface area contributed by atoms with Crippen molar-refractivity contribution in [2.24, 2.45) is 0 Å². The van der Waals surface area contributed by atoms with Crippen LogP contribution in [0.3, 0.4) is 0 Å². The zero-order chi connectivity index (χ0) is 17.1. The van der Waals surface area contributed by atoms with Gasteiger partial charge in [-0.15, -0.1) is 0 Å². The Morgan fingerprint density at radius 2 is 1.92 bits per heavy atom. The third-order valence-electron chi connectivity index (χ3n) is 4.44. The number of benzene rings is 1. The highest BCUT2D eigenvalue weighted by Gasteiger charge is 2.31. The van der Waals surface area contributed by atoms with Crippen LogP contribution in [0.5, 0.6) is 0 Å². The summed E-state index contributed by atoms with van der Waals surface area (Å²) in [5.41, 5.74) is 1.65. The summed E-state index contributed by atoms with van der Waals surface area (Å²) in [6.07, 6.45) is 1.68. The maximum atomic E-state index is 13.1. The van der Waals surface area contributed by atoms with Gasteiger partial charge in [0, 0.05) is 31.7 Å². The van der Waals surface area contributed by atoms with Crippen molar-refractivity contribution in [3.05, 3.63) is 59.7 Å². The van der Waals surface area contributed by atoms with Crippen LogP contribution in [-0.4, -0.2) is 52.4 Å². The molecule has 1 amide bonds. The predicted octanol–water partition coefficient (Wildman–Crippen LogP) is 2.73. The molecule has 0 N–H and O–H groups in total. The third-order valence-corrected chi connectivity index (χ3v) is 4.44. The lowest BCUT2D eigenvalue weighted by Gasteiger charge is -2.40. The number of nitrogens with zero attached hydrogens (tertiary/aromatic N) is 4. The van der Waals surface area contributed by atoms with Gasteiger partial charge >= 0.3 is 0 Å². The van der Waals surface area contributed by atoms with Gasteiger partial charge in [0.05, 0.1) is 6.04 Å². The summed E-state index contributed by atoms with van der Waals surface area (Å²) in [7, 11) is 2.10. The number of rotatable bonds is 3. The number of carbonyl (C=O) groups excluding carboxylic acids is 1. The predicted molar refractivity (Wildman–Crippen MR) is 93.8 cm³/mol. The maximum Gasteiger partial charge on any atom is 0.273 e. The largest absolute Gasteiger partial charge is 0.328 e. The van der Waals surface area contributed by atoms with Crippen LogP contribution in [0.25, 0.3) is 0 Å². The van der Waals surface area contributed by atoms with Crippen molar-refractivity contribution in [3.63, 3.8) is 0 Å². The van der Waals surface area contributed by atoms with Gasteiger partial charge in [-0.2, -0.15) is 0 Å². The first-order chi connectivity index (χ1) is 11.6. The molecule has 5 heteroatoms. The van der Waals surface area contributed by atoms with E-state index in [2.05, 4.69) is 34.0 Å². The van der Waals surface area contributed by atoms with E-state index >= 15 is 0 Å². The van der Waals surface area contributed by atoms with Crippen molar-refractivity contribution in [1.82, 2.24) is 19.8 Å². The molecule has 1 aliphatic rings. The van der Waals surface area contributed by atoms with Crippen molar-refractivity contribution < 1.29 is 4.79 Å². The molecule has 24 heavy (non-hydrogen) atoms. The quantitative estimate of drug-likeness (QED) is 0.871. The van der Waals surface area contributed by atoms with Gasteiger partial charge in [-0.25, -0.2) is 9.97 Å². The normalized spacial score (nSPS) is 18.8. The highest BCUT2D eigenvalue weighted by atomic mass is 16.2. The second-order valence-electron chi connectivity index (χ2n) is 6.64. The Morgan fingerprint density at radius 3 is 2.62 bits per heavy atom. The molecular formula is C19H24N4O. The van der Waals surface area contributed by atoms with Gasteiger partial charge < -0.3 is 9.80 Å². The van der Waals surface area contributed by atoms with Gasteiger partial charge in [-0.3, -0.25) is 4.79 Å². The van der Waals surface area contributed by atoms with Crippen LogP contribution in [0, 0.1) is 0 Å². The van der Waals surface area contributed by atoms with Crippen LogP contribution >= 0.6 is 0 Å². The molecule has 0 radical (unpaired) electrons. The summed E-state index contributed by atoms with van der Waals surface area (Å²) < 4.78 is 0. The summed E-state index contributed by atoms with van der Waals surface area (Å²) in [6.45, 7) is 6.48. The van der Waals surface area contributed by atoms with Crippen LogP contribution in [0.2, 0.25) is 0 Å². The van der Waals surface area contributed by atoms with E-state index in [1.54, 1.807) is 12.3 Å². The van der Waals surface area contributed by atoms with E-state index < -0.39 is 0 Å². The van der Waals surface area contributed by atoms with Gasteiger partial charge in [0.1, 0.15) is 11.5 Å². The summed E-state index contributed by atoms with van der Waals surface area (Å²) >= 11 is 0. The molecule has 2 heterocycles. The standard InChI is InChI=1S/C19H24N4O/c1-14(2)18-20-10-9-16(21-18)19(24)23-12-11-22(3)13-17(23)15-7-5-4-6-8-15/h4-10,14,17H,11-13H2,1-3H3/t17-/m1/s1. The fraction of sp³-hybridized carbons (Fsp3) is 0.421. The minimum Gasteiger partial charge on any atom is -0.328 e. The van der Waals surface area contributed by atoms with E-state index in [1.165, 1.54) is 0 Å². The van der Waals surface area contributed by atoms with Crippen LogP contribution in [0.4, 0.5) is 0 Å². The molecule has 1 atom stereocenters. The van der Waals surface area contributed by atoms with Crippen LogP contribution in [-0.2, 0) is 0 Å². The zero-order valence-electron chi connectivity index (χ0n) is 14.5. The minimum absolute atomic E-state index is 0.0127. The second kappa shape index (κ2) is 7.09. The molecule has 0 aliphatic carbocycles. The van der Waals surface area contributed by atoms with Crippen molar-refractivity contribution in [2.75, 3.05) is 26.7 Å². The van der Waals surface area contributed by atoms with E-state index in [1.807, 2.05) is 36.9 Å². The molecule has 0 unspecified atom stereocenters. The van der Waals surface area contributed by atoms with Crippen molar-refractivity contribution >= 4 is 5.91 Å². The summed E-state index contributed by atoms with van der Waals surface area (Å²) in [5.74, 6) is 0.905. The lowest BCUT2D eigenvalue weighted by molar-refractivity contribution is 0.0491. The molecule has 126 valence electrons. The number of piperazine rings is 1. The second-order valence-corrected chi connectivity index (χ2v) is 6.64. The van der Waals surface area contributed by atoms with Crippen molar-refractivity contribution in [2.45, 2.75) is 25.8 Å². The van der Waals surface area contributed by atoms with Crippen LogP contribution in [0.15, 0.2) is 42.6 Å². The third kappa shape index (κ3) is 3.46. The fourth-order valence-corrected chi connectivity index (χ4v) is 3.04. The molecule has 2 aromatic rings. The summed E-state index contributed by atoms with van der Waals surface area (Å²) in [6, 6.07) is 12.0. The Kier molecular flexibility index (Phi) is 4.90. The van der Waals surface area contributed by atoms with Gasteiger partial charge in [0.25, 0.3) is 5.91 Å². The summed E-state index contributed by atoms with van der Waals surface area (Å²) in [4.78, 5) is 26.0. The van der Waals surface area contributed by atoms with Crippen LogP contribution in [0.1, 0.15) is 47.7 Å². The van der Waals surface area contributed by atoms with Crippen molar-refractivity contribution in [3.8, 4) is 0 Å². The maximum absolute atomic E-state index is 13.1. The molecule has 5 nitrogen and oxygen atoms in total. The molecule has 1 aromatic carbocycles. The average Bonchev–Trinajstić information content (AvgIpc) is 2.62. The molecule has 0 saturated carbocycles. The first-order valence-corrected chi connectivity index (χ1v) is 8.43. The lowest BCUT2D eigenvalue weighted by Crippen LogP contribution is -2.49. The van der Waals surface area contributed by atoms with Gasteiger partial charge in [-0.05, 0) is 18.7 Å². The number of hydrogen-bond donors (Lipinski definition) is 0. The fourth-order valence-electron chi connectivity index (χ4n) is 3.04. The van der Waals surface area contributed by atoms with Gasteiger partial charge in [0.2, 0.25) is 0 Å². The Labute approximate surface area is 143 Å². The topological polar surface area (TPSA) is 49.3 Å². The molecule has 1 fully saturated rings. The number of hydrogen-bond acceptors (Lipinski definition) is 4. The zero-order valence-corrected chi connectivity index (χ0v) is 14.5. The number of aromatic nitrogens is 2. The lowest BCUT2D eigenvalue weighted by atomic mass is 10.0. The molecule has 0 bridgehead atoms. The first kappa shape index (κ1) is 16.6. The Bertz CT molecular complexity index is 702. The number of carbonyl (C=O) groups is 1. The number of amides is 1. The highest BCUT2D eigenvalue weighted by Crippen LogP contribution is 2.26. The van der Waals surface area contributed by atoms with E-state index in [9.17, 15) is 4.79 Å². The smallest absolute Gasteiger partial charge is 0.273 e.